The van der Waals surface area contributed by atoms with E-state index in [1.54, 1.807) is 0 Å². The van der Waals surface area contributed by atoms with Crippen molar-refractivity contribution < 1.29 is 10.0 Å². The van der Waals surface area contributed by atoms with Gasteiger partial charge in [-0.1, -0.05) is 12.1 Å². The Morgan fingerprint density at radius 3 is 2.40 bits per heavy atom. The van der Waals surface area contributed by atoms with Crippen molar-refractivity contribution in [1.82, 2.24) is 4.90 Å². The third-order valence-corrected chi connectivity index (χ3v) is 4.69. The van der Waals surface area contributed by atoms with Crippen molar-refractivity contribution >= 4 is 34.3 Å². The second kappa shape index (κ2) is 5.99. The highest BCUT2D eigenvalue weighted by Crippen LogP contribution is 2.31. The molecular weight excluding hydrogens is 369 g/mol. The largest absolute Gasteiger partial charge is 0.409 e. The highest BCUT2D eigenvalue weighted by atomic mass is 127. The Labute approximate surface area is 132 Å². The van der Waals surface area contributed by atoms with Gasteiger partial charge in [0.2, 0.25) is 0 Å². The Bertz CT molecular complexity index is 520. The number of hydrogen-bond acceptors (Lipinski definition) is 3. The number of nitrogens with zero attached hydrogens (tertiary/aromatic N) is 2. The number of amidine groups is 1. The van der Waals surface area contributed by atoms with E-state index in [2.05, 4.69) is 27.7 Å². The van der Waals surface area contributed by atoms with E-state index in [9.17, 15) is 4.79 Å². The van der Waals surface area contributed by atoms with Crippen LogP contribution in [0.15, 0.2) is 29.4 Å². The van der Waals surface area contributed by atoms with Gasteiger partial charge in [-0.3, -0.25) is 4.79 Å². The minimum atomic E-state index is -0.322. The van der Waals surface area contributed by atoms with E-state index in [1.165, 1.54) is 0 Å². The van der Waals surface area contributed by atoms with Crippen LogP contribution in [0.5, 0.6) is 0 Å². The number of oxime groups is 1. The van der Waals surface area contributed by atoms with Crippen LogP contribution in [-0.2, 0) is 0 Å². The van der Waals surface area contributed by atoms with Gasteiger partial charge in [0.15, 0.2) is 0 Å². The van der Waals surface area contributed by atoms with Crippen molar-refractivity contribution in [2.75, 3.05) is 13.1 Å². The molecule has 1 amide bonds. The summed E-state index contributed by atoms with van der Waals surface area (Å²) < 4.78 is 1.11. The molecule has 1 fully saturated rings. The summed E-state index contributed by atoms with van der Waals surface area (Å²) in [5, 5.41) is 11.9. The summed E-state index contributed by atoms with van der Waals surface area (Å²) in [6, 6.07) is 7.55. The Kier molecular flexibility index (Phi) is 4.52. The van der Waals surface area contributed by atoms with Crippen LogP contribution in [0, 0.1) is 8.99 Å². The van der Waals surface area contributed by atoms with Crippen LogP contribution in [0.3, 0.4) is 0 Å². The first kappa shape index (κ1) is 15.1. The van der Waals surface area contributed by atoms with Crippen LogP contribution < -0.4 is 5.73 Å². The number of benzene rings is 1. The van der Waals surface area contributed by atoms with Gasteiger partial charge >= 0.3 is 0 Å². The SMILES string of the molecule is CC1(/C(N)=N/O)CCN(C(=O)c2ccc(I)cc2)CC1. The Balaban J connectivity index is 2.04. The summed E-state index contributed by atoms with van der Waals surface area (Å²) >= 11 is 2.21. The van der Waals surface area contributed by atoms with Crippen molar-refractivity contribution in [3.05, 3.63) is 33.4 Å². The average molecular weight is 387 g/mol. The van der Waals surface area contributed by atoms with E-state index in [4.69, 9.17) is 10.9 Å². The van der Waals surface area contributed by atoms with Gasteiger partial charge in [0.05, 0.1) is 0 Å². The van der Waals surface area contributed by atoms with Gasteiger partial charge in [0.25, 0.3) is 5.91 Å². The van der Waals surface area contributed by atoms with Crippen LogP contribution >= 0.6 is 22.6 Å². The predicted molar refractivity (Wildman–Crippen MR) is 85.8 cm³/mol. The fourth-order valence-electron chi connectivity index (χ4n) is 2.36. The van der Waals surface area contributed by atoms with Gasteiger partial charge < -0.3 is 15.8 Å². The maximum Gasteiger partial charge on any atom is 0.253 e. The molecule has 0 bridgehead atoms. The zero-order chi connectivity index (χ0) is 14.8. The third kappa shape index (κ3) is 3.05. The molecule has 0 unspecified atom stereocenters. The topological polar surface area (TPSA) is 78.9 Å². The highest BCUT2D eigenvalue weighted by molar-refractivity contribution is 14.1. The Morgan fingerprint density at radius 1 is 1.35 bits per heavy atom. The fraction of sp³-hybridized carbons (Fsp3) is 0.429. The standard InChI is InChI=1S/C14H18IN3O2/c1-14(13(16)17-20)6-8-18(9-7-14)12(19)10-2-4-11(15)5-3-10/h2-5,20H,6-9H2,1H3,(H2,16,17). The molecule has 20 heavy (non-hydrogen) atoms. The fourth-order valence-corrected chi connectivity index (χ4v) is 2.71. The lowest BCUT2D eigenvalue weighted by Crippen LogP contribution is -2.47. The van der Waals surface area contributed by atoms with E-state index in [0.717, 1.165) is 3.57 Å². The minimum Gasteiger partial charge on any atom is -0.409 e. The van der Waals surface area contributed by atoms with E-state index >= 15 is 0 Å². The summed E-state index contributed by atoms with van der Waals surface area (Å²) in [5.41, 5.74) is 6.11. The molecule has 2 rings (SSSR count). The molecule has 0 spiro atoms. The van der Waals surface area contributed by atoms with Gasteiger partial charge in [-0.05, 0) is 59.7 Å². The Morgan fingerprint density at radius 2 is 1.90 bits per heavy atom. The average Bonchev–Trinajstić information content (AvgIpc) is 2.47. The second-order valence-corrected chi connectivity index (χ2v) is 6.59. The van der Waals surface area contributed by atoms with Crippen molar-refractivity contribution in [3.63, 3.8) is 0 Å². The number of halogens is 1. The minimum absolute atomic E-state index is 0.0444. The molecule has 5 nitrogen and oxygen atoms in total. The number of carbonyl (C=O) groups is 1. The highest BCUT2D eigenvalue weighted by Gasteiger charge is 2.35. The zero-order valence-electron chi connectivity index (χ0n) is 11.3. The molecule has 3 N–H and O–H groups in total. The number of hydrogen-bond donors (Lipinski definition) is 2. The molecule has 1 aromatic rings. The molecule has 1 aliphatic heterocycles. The molecule has 108 valence electrons. The normalized spacial score (nSPS) is 18.9. The summed E-state index contributed by atoms with van der Waals surface area (Å²) in [6.07, 6.45) is 1.41. The molecule has 0 aromatic heterocycles. The monoisotopic (exact) mass is 387 g/mol. The van der Waals surface area contributed by atoms with Crippen LogP contribution in [0.2, 0.25) is 0 Å². The molecule has 1 aliphatic rings. The van der Waals surface area contributed by atoms with Gasteiger partial charge in [0.1, 0.15) is 5.84 Å². The lowest BCUT2D eigenvalue weighted by atomic mass is 9.79. The lowest BCUT2D eigenvalue weighted by Gasteiger charge is -2.38. The van der Waals surface area contributed by atoms with Gasteiger partial charge in [-0.15, -0.1) is 0 Å². The van der Waals surface area contributed by atoms with Gasteiger partial charge in [-0.2, -0.15) is 0 Å². The smallest absolute Gasteiger partial charge is 0.253 e. The number of piperidine rings is 1. The molecule has 1 heterocycles. The molecular formula is C14H18IN3O2. The first-order valence-corrected chi connectivity index (χ1v) is 7.57. The van der Waals surface area contributed by atoms with Crippen LogP contribution in [0.1, 0.15) is 30.1 Å². The van der Waals surface area contributed by atoms with E-state index in [0.29, 0.717) is 31.5 Å². The molecule has 6 heteroatoms. The van der Waals surface area contributed by atoms with E-state index < -0.39 is 0 Å². The first-order chi connectivity index (χ1) is 9.46. The Hall–Kier alpha value is -1.31. The van der Waals surface area contributed by atoms with Crippen molar-refractivity contribution in [3.8, 4) is 0 Å². The number of nitrogens with two attached hydrogens (primary N) is 1. The summed E-state index contributed by atoms with van der Waals surface area (Å²) in [4.78, 5) is 14.2. The number of amides is 1. The number of likely N-dealkylation sites (tertiary alicyclic amines) is 1. The van der Waals surface area contributed by atoms with Crippen LogP contribution in [0.4, 0.5) is 0 Å². The second-order valence-electron chi connectivity index (χ2n) is 5.34. The first-order valence-electron chi connectivity index (χ1n) is 6.49. The lowest BCUT2D eigenvalue weighted by molar-refractivity contribution is 0.0666. The third-order valence-electron chi connectivity index (χ3n) is 3.97. The van der Waals surface area contributed by atoms with E-state index in [1.807, 2.05) is 36.1 Å². The summed E-state index contributed by atoms with van der Waals surface area (Å²) in [7, 11) is 0. The quantitative estimate of drug-likeness (QED) is 0.269. The number of rotatable bonds is 2. The molecule has 0 aliphatic carbocycles. The molecule has 0 atom stereocenters. The van der Waals surface area contributed by atoms with E-state index in [-0.39, 0.29) is 17.2 Å². The maximum atomic E-state index is 12.4. The molecule has 1 aromatic carbocycles. The van der Waals surface area contributed by atoms with Gasteiger partial charge in [0, 0.05) is 27.6 Å². The van der Waals surface area contributed by atoms with Crippen molar-refractivity contribution in [2.45, 2.75) is 19.8 Å². The predicted octanol–water partition coefficient (Wildman–Crippen LogP) is 2.28. The number of carbonyl (C=O) groups excluding carboxylic acids is 1. The maximum absolute atomic E-state index is 12.4. The molecule has 1 saturated heterocycles. The van der Waals surface area contributed by atoms with Crippen molar-refractivity contribution in [1.29, 1.82) is 0 Å². The van der Waals surface area contributed by atoms with Crippen molar-refractivity contribution in [2.24, 2.45) is 16.3 Å². The zero-order valence-corrected chi connectivity index (χ0v) is 13.5. The van der Waals surface area contributed by atoms with Crippen LogP contribution in [0.25, 0.3) is 0 Å². The summed E-state index contributed by atoms with van der Waals surface area (Å²) in [5.74, 6) is 0.293. The summed E-state index contributed by atoms with van der Waals surface area (Å²) in [6.45, 7) is 3.21. The molecule has 0 saturated carbocycles. The molecule has 0 radical (unpaired) electrons. The van der Waals surface area contributed by atoms with Crippen LogP contribution in [-0.4, -0.2) is 34.9 Å². The van der Waals surface area contributed by atoms with Gasteiger partial charge in [-0.25, -0.2) is 0 Å².